The predicted molar refractivity (Wildman–Crippen MR) is 78.3 cm³/mol. The Morgan fingerprint density at radius 3 is 2.38 bits per heavy atom. The molecule has 2 unspecified atom stereocenters. The Hall–Kier alpha value is 0.394. The second-order valence-electron chi connectivity index (χ2n) is 6.67. The van der Waals surface area contributed by atoms with E-state index >= 15 is 0 Å². The molecule has 0 aromatic rings. The van der Waals surface area contributed by atoms with Gasteiger partial charge in [-0.15, -0.1) is 0 Å². The van der Waals surface area contributed by atoms with Gasteiger partial charge >= 0.3 is 0 Å². The fourth-order valence-corrected chi connectivity index (χ4v) is 12.5. The predicted octanol–water partition coefficient (Wildman–Crippen LogP) is 3.07. The van der Waals surface area contributed by atoms with Gasteiger partial charge in [0.1, 0.15) is 9.28 Å². The third kappa shape index (κ3) is 2.62. The van der Waals surface area contributed by atoms with Crippen molar-refractivity contribution in [3.05, 3.63) is 0 Å². The van der Waals surface area contributed by atoms with Crippen molar-refractivity contribution in [2.75, 3.05) is 6.61 Å². The molecular formula is C13H30OSi2. The van der Waals surface area contributed by atoms with Crippen LogP contribution in [0.2, 0.25) is 11.1 Å². The van der Waals surface area contributed by atoms with Crippen LogP contribution in [-0.2, 0) is 4.43 Å². The van der Waals surface area contributed by atoms with Crippen LogP contribution in [0.4, 0.5) is 0 Å². The summed E-state index contributed by atoms with van der Waals surface area (Å²) in [6.07, 6.45) is 2.64. The van der Waals surface area contributed by atoms with Crippen molar-refractivity contribution in [1.29, 1.82) is 0 Å². The van der Waals surface area contributed by atoms with Crippen molar-refractivity contribution in [2.24, 2.45) is 11.3 Å². The standard InChI is InChI=1S/C13H30OSi2/c1-7-11(2)12(3,4)13(5,6)16-10-8-9-14-15-16/h11,16H,7-10,15H2,1-6H3. The van der Waals surface area contributed by atoms with E-state index in [4.69, 9.17) is 4.43 Å². The highest BCUT2D eigenvalue weighted by Gasteiger charge is 2.46. The molecule has 0 saturated carbocycles. The van der Waals surface area contributed by atoms with Crippen molar-refractivity contribution in [1.82, 2.24) is 0 Å². The molecule has 0 bridgehead atoms. The summed E-state index contributed by atoms with van der Waals surface area (Å²) in [5, 5.41) is 0.565. The second-order valence-corrected chi connectivity index (χ2v) is 14.8. The summed E-state index contributed by atoms with van der Waals surface area (Å²) in [5.41, 5.74) is 0.479. The van der Waals surface area contributed by atoms with Crippen LogP contribution in [0.5, 0.6) is 0 Å². The van der Waals surface area contributed by atoms with Crippen molar-refractivity contribution >= 4 is 17.6 Å². The molecule has 1 aliphatic rings. The smallest absolute Gasteiger partial charge is 0.147 e. The molecule has 0 amide bonds. The van der Waals surface area contributed by atoms with Crippen LogP contribution in [0.15, 0.2) is 0 Å². The van der Waals surface area contributed by atoms with Crippen molar-refractivity contribution in [2.45, 2.75) is 65.5 Å². The first-order chi connectivity index (χ1) is 7.34. The maximum Gasteiger partial charge on any atom is 0.147 e. The lowest BCUT2D eigenvalue weighted by atomic mass is 9.70. The Morgan fingerprint density at radius 1 is 1.31 bits per heavy atom. The van der Waals surface area contributed by atoms with Gasteiger partial charge in [-0.1, -0.05) is 54.0 Å². The molecule has 0 N–H and O–H groups in total. The largest absolute Gasteiger partial charge is 0.428 e. The molecule has 0 aromatic carbocycles. The summed E-state index contributed by atoms with van der Waals surface area (Å²) in [6, 6.07) is 1.54. The molecule has 0 radical (unpaired) electrons. The van der Waals surface area contributed by atoms with Gasteiger partial charge in [-0.05, 0) is 22.8 Å². The minimum Gasteiger partial charge on any atom is -0.428 e. The highest BCUT2D eigenvalue weighted by atomic mass is 29.2. The van der Waals surface area contributed by atoms with Crippen LogP contribution in [0.25, 0.3) is 0 Å². The first kappa shape index (κ1) is 14.5. The quantitative estimate of drug-likeness (QED) is 0.704. The SMILES string of the molecule is CCC(C)C(C)(C)C(C)(C)[SiH]1CCCO[SiH2]1. The van der Waals surface area contributed by atoms with E-state index in [1.54, 1.807) is 6.04 Å². The molecule has 1 rings (SSSR count). The first-order valence-corrected chi connectivity index (χ1v) is 12.2. The van der Waals surface area contributed by atoms with Gasteiger partial charge in [-0.3, -0.25) is 0 Å². The third-order valence-electron chi connectivity index (χ3n) is 5.69. The van der Waals surface area contributed by atoms with E-state index in [0.717, 1.165) is 12.5 Å². The fourth-order valence-electron chi connectivity index (χ4n) is 2.98. The minimum atomic E-state index is -0.614. The molecule has 0 spiro atoms. The molecule has 1 heterocycles. The van der Waals surface area contributed by atoms with Gasteiger partial charge < -0.3 is 4.43 Å². The maximum atomic E-state index is 5.88. The molecule has 1 nitrogen and oxygen atoms in total. The Labute approximate surface area is 106 Å². The molecule has 3 heteroatoms. The zero-order valence-corrected chi connectivity index (χ0v) is 14.7. The monoisotopic (exact) mass is 258 g/mol. The summed E-state index contributed by atoms with van der Waals surface area (Å²) in [5.74, 6) is 0.825. The molecule has 16 heavy (non-hydrogen) atoms. The van der Waals surface area contributed by atoms with Gasteiger partial charge in [0.25, 0.3) is 0 Å². The molecular weight excluding hydrogens is 228 g/mol. The van der Waals surface area contributed by atoms with Gasteiger partial charge in [0.05, 0.1) is 8.31 Å². The van der Waals surface area contributed by atoms with Crippen LogP contribution in [-0.4, -0.2) is 24.2 Å². The lowest BCUT2D eigenvalue weighted by Gasteiger charge is -2.50. The molecule has 96 valence electrons. The van der Waals surface area contributed by atoms with Gasteiger partial charge in [0.15, 0.2) is 0 Å². The average Bonchev–Trinajstić information content (AvgIpc) is 2.28. The van der Waals surface area contributed by atoms with Crippen LogP contribution >= 0.6 is 0 Å². The Morgan fingerprint density at radius 2 is 1.94 bits per heavy atom. The first-order valence-electron chi connectivity index (χ1n) is 6.91. The molecule has 1 aliphatic heterocycles. The average molecular weight is 259 g/mol. The maximum absolute atomic E-state index is 5.88. The van der Waals surface area contributed by atoms with Gasteiger partial charge in [-0.25, -0.2) is 0 Å². The Kier molecular flexibility index (Phi) is 4.84. The molecule has 0 aliphatic carbocycles. The van der Waals surface area contributed by atoms with E-state index in [1.165, 1.54) is 12.8 Å². The summed E-state index contributed by atoms with van der Waals surface area (Å²) in [7, 11) is -0.776. The lowest BCUT2D eigenvalue weighted by molar-refractivity contribution is 0.155. The van der Waals surface area contributed by atoms with Gasteiger partial charge in [0, 0.05) is 6.61 Å². The minimum absolute atomic E-state index is 0.162. The van der Waals surface area contributed by atoms with E-state index in [0.29, 0.717) is 10.5 Å². The fraction of sp³-hybridized carbons (Fsp3) is 1.00. The van der Waals surface area contributed by atoms with E-state index in [2.05, 4.69) is 41.5 Å². The highest BCUT2D eigenvalue weighted by Crippen LogP contribution is 2.53. The highest BCUT2D eigenvalue weighted by molar-refractivity contribution is 7.11. The molecule has 1 fully saturated rings. The summed E-state index contributed by atoms with van der Waals surface area (Å²) >= 11 is 0. The number of hydrogen-bond donors (Lipinski definition) is 0. The van der Waals surface area contributed by atoms with E-state index in [9.17, 15) is 0 Å². The topological polar surface area (TPSA) is 9.23 Å². The van der Waals surface area contributed by atoms with Crippen molar-refractivity contribution < 1.29 is 4.43 Å². The van der Waals surface area contributed by atoms with Gasteiger partial charge in [-0.2, -0.15) is 0 Å². The molecule has 2 atom stereocenters. The van der Waals surface area contributed by atoms with Crippen molar-refractivity contribution in [3.8, 4) is 0 Å². The van der Waals surface area contributed by atoms with Crippen molar-refractivity contribution in [3.63, 3.8) is 0 Å². The van der Waals surface area contributed by atoms with Crippen LogP contribution in [0, 0.1) is 11.3 Å². The zero-order chi connectivity index (χ0) is 12.4. The second kappa shape index (κ2) is 5.36. The zero-order valence-electron chi connectivity index (χ0n) is 12.1. The third-order valence-corrected chi connectivity index (χ3v) is 16.7. The summed E-state index contributed by atoms with van der Waals surface area (Å²) < 4.78 is 5.88. The molecule has 1 saturated heterocycles. The lowest BCUT2D eigenvalue weighted by Crippen LogP contribution is -2.48. The summed E-state index contributed by atoms with van der Waals surface area (Å²) in [6.45, 7) is 15.9. The van der Waals surface area contributed by atoms with Gasteiger partial charge in [0.2, 0.25) is 0 Å². The molecule has 0 aromatic heterocycles. The summed E-state index contributed by atoms with van der Waals surface area (Å²) in [4.78, 5) is 0. The Bertz CT molecular complexity index is 220. The van der Waals surface area contributed by atoms with E-state index in [1.807, 2.05) is 0 Å². The van der Waals surface area contributed by atoms with Crippen LogP contribution in [0.3, 0.4) is 0 Å². The van der Waals surface area contributed by atoms with E-state index in [-0.39, 0.29) is 9.28 Å². The Balaban J connectivity index is 2.81. The normalized spacial score (nSPS) is 27.0. The number of rotatable bonds is 4. The van der Waals surface area contributed by atoms with Crippen LogP contribution in [0.1, 0.15) is 54.4 Å². The number of hydrogen-bond acceptors (Lipinski definition) is 1. The van der Waals surface area contributed by atoms with E-state index < -0.39 is 8.31 Å². The van der Waals surface area contributed by atoms with Crippen LogP contribution < -0.4 is 0 Å².